The Morgan fingerprint density at radius 2 is 1.82 bits per heavy atom. The predicted octanol–water partition coefficient (Wildman–Crippen LogP) is 5.52. The van der Waals surface area contributed by atoms with Crippen LogP contribution in [0, 0.1) is 0 Å². The summed E-state index contributed by atoms with van der Waals surface area (Å²) in [5.41, 5.74) is 2.28. The third kappa shape index (κ3) is 5.33. The van der Waals surface area contributed by atoms with Crippen LogP contribution in [0.2, 0.25) is 10.0 Å². The molecule has 1 saturated heterocycles. The van der Waals surface area contributed by atoms with Gasteiger partial charge in [0.15, 0.2) is 5.76 Å². The van der Waals surface area contributed by atoms with Gasteiger partial charge in [-0.25, -0.2) is 4.79 Å². The summed E-state index contributed by atoms with van der Waals surface area (Å²) in [7, 11) is 0. The number of carbonyl (C=O) groups excluding carboxylic acids is 2. The number of ether oxygens (including phenoxy) is 2. The Bertz CT molecular complexity index is 1170. The van der Waals surface area contributed by atoms with E-state index in [1.54, 1.807) is 55.5 Å². The molecule has 2 aromatic carbocycles. The van der Waals surface area contributed by atoms with Crippen molar-refractivity contribution in [2.24, 2.45) is 0 Å². The zero-order valence-electron chi connectivity index (χ0n) is 17.9. The fraction of sp³-hybridized carbons (Fsp3) is 0.250. The van der Waals surface area contributed by atoms with Gasteiger partial charge in [0, 0.05) is 24.3 Å². The lowest BCUT2D eigenvalue weighted by Gasteiger charge is -2.30. The first-order valence-corrected chi connectivity index (χ1v) is 11.2. The van der Waals surface area contributed by atoms with Crippen molar-refractivity contribution in [1.82, 2.24) is 0 Å². The number of amides is 1. The lowest BCUT2D eigenvalue weighted by Crippen LogP contribution is -2.37. The first-order chi connectivity index (χ1) is 16.0. The Balaban J connectivity index is 1.55. The number of nitrogens with zero attached hydrogens (tertiary/aromatic N) is 1. The molecule has 172 valence electrons. The molecular weight excluding hydrogens is 467 g/mol. The van der Waals surface area contributed by atoms with E-state index in [9.17, 15) is 9.59 Å². The molecule has 0 unspecified atom stereocenters. The Morgan fingerprint density at radius 1 is 1.03 bits per heavy atom. The van der Waals surface area contributed by atoms with Gasteiger partial charge >= 0.3 is 5.97 Å². The van der Waals surface area contributed by atoms with Crippen molar-refractivity contribution in [3.8, 4) is 11.3 Å². The van der Waals surface area contributed by atoms with Crippen LogP contribution < -0.4 is 10.2 Å². The molecule has 0 aliphatic carbocycles. The zero-order chi connectivity index (χ0) is 23.4. The van der Waals surface area contributed by atoms with Crippen LogP contribution in [0.25, 0.3) is 11.3 Å². The number of carbonyl (C=O) groups is 2. The summed E-state index contributed by atoms with van der Waals surface area (Å²) in [4.78, 5) is 27.4. The first-order valence-electron chi connectivity index (χ1n) is 10.5. The highest BCUT2D eigenvalue weighted by molar-refractivity contribution is 6.42. The molecule has 0 bridgehead atoms. The zero-order valence-corrected chi connectivity index (χ0v) is 19.4. The number of benzene rings is 2. The quantitative estimate of drug-likeness (QED) is 0.460. The van der Waals surface area contributed by atoms with Crippen LogP contribution in [0.15, 0.2) is 52.9 Å². The third-order valence-electron chi connectivity index (χ3n) is 5.14. The average Bonchev–Trinajstić information content (AvgIpc) is 3.32. The van der Waals surface area contributed by atoms with Crippen molar-refractivity contribution in [3.63, 3.8) is 0 Å². The normalized spacial score (nSPS) is 13.6. The summed E-state index contributed by atoms with van der Waals surface area (Å²) >= 11 is 12.0. The maximum Gasteiger partial charge on any atom is 0.340 e. The van der Waals surface area contributed by atoms with Gasteiger partial charge < -0.3 is 24.1 Å². The molecule has 0 saturated carbocycles. The molecule has 1 aliphatic heterocycles. The minimum absolute atomic E-state index is 0.117. The molecule has 7 nitrogen and oxygen atoms in total. The van der Waals surface area contributed by atoms with E-state index in [0.29, 0.717) is 58.9 Å². The van der Waals surface area contributed by atoms with Crippen LogP contribution >= 0.6 is 23.2 Å². The molecule has 1 aromatic heterocycles. The highest BCUT2D eigenvalue weighted by atomic mass is 35.5. The van der Waals surface area contributed by atoms with Crippen molar-refractivity contribution in [1.29, 1.82) is 0 Å². The highest BCUT2D eigenvalue weighted by Crippen LogP contribution is 2.30. The molecule has 0 atom stereocenters. The fourth-order valence-corrected chi connectivity index (χ4v) is 3.82. The smallest absolute Gasteiger partial charge is 0.340 e. The number of halogens is 2. The summed E-state index contributed by atoms with van der Waals surface area (Å²) in [5, 5.41) is 3.61. The number of nitrogens with one attached hydrogen (secondary N) is 1. The Labute approximate surface area is 201 Å². The summed E-state index contributed by atoms with van der Waals surface area (Å²) in [6, 6.07) is 13.5. The van der Waals surface area contributed by atoms with Gasteiger partial charge in [0.2, 0.25) is 0 Å². The Morgan fingerprint density at radius 3 is 2.55 bits per heavy atom. The third-order valence-corrected chi connectivity index (χ3v) is 5.87. The van der Waals surface area contributed by atoms with E-state index in [1.165, 1.54) is 0 Å². The molecule has 2 heterocycles. The maximum absolute atomic E-state index is 12.8. The van der Waals surface area contributed by atoms with Crippen molar-refractivity contribution in [3.05, 3.63) is 69.9 Å². The lowest BCUT2D eigenvalue weighted by molar-refractivity contribution is 0.0526. The molecular formula is C24H22Cl2N2O5. The molecule has 9 heteroatoms. The van der Waals surface area contributed by atoms with Gasteiger partial charge in [-0.2, -0.15) is 0 Å². The van der Waals surface area contributed by atoms with Gasteiger partial charge in [-0.1, -0.05) is 23.2 Å². The van der Waals surface area contributed by atoms with Gasteiger partial charge in [0.25, 0.3) is 5.91 Å². The van der Waals surface area contributed by atoms with Crippen LogP contribution in [0.4, 0.5) is 11.4 Å². The van der Waals surface area contributed by atoms with Gasteiger partial charge in [-0.15, -0.1) is 0 Å². The largest absolute Gasteiger partial charge is 0.462 e. The first kappa shape index (κ1) is 23.2. The van der Waals surface area contributed by atoms with E-state index < -0.39 is 11.9 Å². The highest BCUT2D eigenvalue weighted by Gasteiger charge is 2.21. The topological polar surface area (TPSA) is 81.0 Å². The Hall–Kier alpha value is -3.00. The van der Waals surface area contributed by atoms with Gasteiger partial charge in [-0.3, -0.25) is 4.79 Å². The number of esters is 1. The second-order valence-corrected chi connectivity index (χ2v) is 8.11. The molecule has 33 heavy (non-hydrogen) atoms. The van der Waals surface area contributed by atoms with E-state index in [-0.39, 0.29) is 12.4 Å². The van der Waals surface area contributed by atoms with Crippen LogP contribution in [-0.4, -0.2) is 44.8 Å². The van der Waals surface area contributed by atoms with Gasteiger partial charge in [0.05, 0.1) is 41.1 Å². The van der Waals surface area contributed by atoms with E-state index in [1.807, 2.05) is 0 Å². The van der Waals surface area contributed by atoms with Crippen LogP contribution in [0.1, 0.15) is 27.8 Å². The van der Waals surface area contributed by atoms with E-state index >= 15 is 0 Å². The van der Waals surface area contributed by atoms with Gasteiger partial charge in [0.1, 0.15) is 5.76 Å². The fourth-order valence-electron chi connectivity index (χ4n) is 3.52. The summed E-state index contributed by atoms with van der Waals surface area (Å²) in [5.74, 6) is -0.301. The van der Waals surface area contributed by atoms with E-state index in [0.717, 1.165) is 5.69 Å². The molecule has 1 aliphatic rings. The number of furan rings is 1. The van der Waals surface area contributed by atoms with Gasteiger partial charge in [-0.05, 0) is 55.5 Å². The SMILES string of the molecule is CCOC(=O)c1cc(NC(=O)c2ccc(-c3ccc(Cl)c(Cl)c3)o2)ccc1N1CCOCC1. The second-order valence-electron chi connectivity index (χ2n) is 7.30. The molecule has 0 radical (unpaired) electrons. The minimum atomic E-state index is -0.449. The second kappa shape index (κ2) is 10.3. The molecule has 1 amide bonds. The summed E-state index contributed by atoms with van der Waals surface area (Å²) in [6.45, 7) is 4.51. The van der Waals surface area contributed by atoms with Crippen molar-refractivity contribution in [2.75, 3.05) is 43.1 Å². The number of rotatable bonds is 6. The monoisotopic (exact) mass is 488 g/mol. The van der Waals surface area contributed by atoms with E-state index in [4.69, 9.17) is 37.1 Å². The molecule has 1 N–H and O–H groups in total. The van der Waals surface area contributed by atoms with Crippen molar-refractivity contribution in [2.45, 2.75) is 6.92 Å². The van der Waals surface area contributed by atoms with Crippen LogP contribution in [0.5, 0.6) is 0 Å². The Kier molecular flexibility index (Phi) is 7.23. The number of morpholine rings is 1. The molecule has 3 aromatic rings. The molecule has 1 fully saturated rings. The molecule has 4 rings (SSSR count). The van der Waals surface area contributed by atoms with Crippen molar-refractivity contribution >= 4 is 46.5 Å². The van der Waals surface area contributed by atoms with Crippen LogP contribution in [-0.2, 0) is 9.47 Å². The molecule has 0 spiro atoms. The standard InChI is InChI=1S/C24H22Cl2N2O5/c1-2-32-24(30)17-14-16(4-6-20(17)28-9-11-31-12-10-28)27-23(29)22-8-7-21(33-22)15-3-5-18(25)19(26)13-15/h3-8,13-14H,2,9-12H2,1H3,(H,27,29). The number of anilines is 2. The maximum atomic E-state index is 12.8. The number of hydrogen-bond donors (Lipinski definition) is 1. The minimum Gasteiger partial charge on any atom is -0.462 e. The average molecular weight is 489 g/mol. The van der Waals surface area contributed by atoms with Crippen LogP contribution in [0.3, 0.4) is 0 Å². The van der Waals surface area contributed by atoms with Crippen molar-refractivity contribution < 1.29 is 23.5 Å². The predicted molar refractivity (Wildman–Crippen MR) is 128 cm³/mol. The number of hydrogen-bond acceptors (Lipinski definition) is 6. The summed E-state index contributed by atoms with van der Waals surface area (Å²) < 4.78 is 16.3. The lowest BCUT2D eigenvalue weighted by atomic mass is 10.1. The van der Waals surface area contributed by atoms with E-state index in [2.05, 4.69) is 10.2 Å². The summed E-state index contributed by atoms with van der Waals surface area (Å²) in [6.07, 6.45) is 0.